The van der Waals surface area contributed by atoms with Gasteiger partial charge in [-0.05, 0) is 11.5 Å². The topological polar surface area (TPSA) is 17.3 Å². The SMILES string of the molecule is c1ccc(-c2ncn3ccc4ccccc4c23)cc1. The Morgan fingerprint density at radius 1 is 0.789 bits per heavy atom. The van der Waals surface area contributed by atoms with Crippen molar-refractivity contribution in [1.29, 1.82) is 0 Å². The summed E-state index contributed by atoms with van der Waals surface area (Å²) in [4.78, 5) is 4.58. The van der Waals surface area contributed by atoms with E-state index in [4.69, 9.17) is 0 Å². The predicted octanol–water partition coefficient (Wildman–Crippen LogP) is 4.15. The largest absolute Gasteiger partial charge is 0.305 e. The lowest BCUT2D eigenvalue weighted by molar-refractivity contribution is 1.16. The van der Waals surface area contributed by atoms with Gasteiger partial charge in [0.05, 0.1) is 17.5 Å². The molecule has 2 heteroatoms. The second-order valence-electron chi connectivity index (χ2n) is 4.62. The summed E-state index contributed by atoms with van der Waals surface area (Å²) >= 11 is 0. The summed E-state index contributed by atoms with van der Waals surface area (Å²) in [6.07, 6.45) is 3.95. The van der Waals surface area contributed by atoms with Gasteiger partial charge in [0, 0.05) is 17.1 Å². The summed E-state index contributed by atoms with van der Waals surface area (Å²) in [7, 11) is 0. The molecule has 2 nitrogen and oxygen atoms in total. The molecular weight excluding hydrogens is 232 g/mol. The summed E-state index contributed by atoms with van der Waals surface area (Å²) in [6.45, 7) is 0. The van der Waals surface area contributed by atoms with E-state index in [0.717, 1.165) is 11.3 Å². The molecule has 0 amide bonds. The molecule has 2 aromatic carbocycles. The van der Waals surface area contributed by atoms with Crippen LogP contribution in [0.5, 0.6) is 0 Å². The summed E-state index contributed by atoms with van der Waals surface area (Å²) in [5.41, 5.74) is 3.36. The summed E-state index contributed by atoms with van der Waals surface area (Å²) in [5.74, 6) is 0. The molecule has 19 heavy (non-hydrogen) atoms. The highest BCUT2D eigenvalue weighted by molar-refractivity contribution is 6.02. The van der Waals surface area contributed by atoms with Gasteiger partial charge in [0.1, 0.15) is 0 Å². The van der Waals surface area contributed by atoms with Gasteiger partial charge in [0.15, 0.2) is 0 Å². The van der Waals surface area contributed by atoms with Crippen molar-refractivity contribution in [2.75, 3.05) is 0 Å². The average Bonchev–Trinajstić information content (AvgIpc) is 2.92. The number of pyridine rings is 1. The van der Waals surface area contributed by atoms with E-state index in [2.05, 4.69) is 58.0 Å². The Morgan fingerprint density at radius 3 is 2.47 bits per heavy atom. The monoisotopic (exact) mass is 244 g/mol. The van der Waals surface area contributed by atoms with Crippen LogP contribution in [0.1, 0.15) is 0 Å². The summed E-state index contributed by atoms with van der Waals surface area (Å²) in [6, 6.07) is 20.9. The molecule has 0 aliphatic rings. The Labute approximate surface area is 111 Å². The van der Waals surface area contributed by atoms with Crippen LogP contribution in [0.2, 0.25) is 0 Å². The third kappa shape index (κ3) is 1.54. The lowest BCUT2D eigenvalue weighted by atomic mass is 10.1. The fraction of sp³-hybridized carbons (Fsp3) is 0. The number of benzene rings is 2. The fourth-order valence-corrected chi connectivity index (χ4v) is 2.57. The zero-order chi connectivity index (χ0) is 12.7. The predicted molar refractivity (Wildman–Crippen MR) is 78.1 cm³/mol. The molecule has 4 aromatic rings. The van der Waals surface area contributed by atoms with E-state index in [0.29, 0.717) is 0 Å². The second-order valence-corrected chi connectivity index (χ2v) is 4.62. The maximum absolute atomic E-state index is 4.58. The van der Waals surface area contributed by atoms with Crippen LogP contribution in [0, 0.1) is 0 Å². The van der Waals surface area contributed by atoms with Crippen LogP contribution in [0.4, 0.5) is 0 Å². The first kappa shape index (κ1) is 10.3. The number of nitrogens with zero attached hydrogens (tertiary/aromatic N) is 2. The molecule has 0 fully saturated rings. The molecule has 4 rings (SSSR count). The maximum atomic E-state index is 4.58. The Kier molecular flexibility index (Phi) is 2.15. The number of hydrogen-bond donors (Lipinski definition) is 0. The van der Waals surface area contributed by atoms with Crippen LogP contribution in [-0.4, -0.2) is 9.38 Å². The Hall–Kier alpha value is -2.61. The molecular formula is C17H12N2. The second kappa shape index (κ2) is 3.95. The van der Waals surface area contributed by atoms with Crippen molar-refractivity contribution in [1.82, 2.24) is 9.38 Å². The third-order valence-corrected chi connectivity index (χ3v) is 3.47. The molecule has 2 aromatic heterocycles. The Balaban J connectivity index is 2.15. The van der Waals surface area contributed by atoms with E-state index in [1.165, 1.54) is 16.3 Å². The van der Waals surface area contributed by atoms with Gasteiger partial charge >= 0.3 is 0 Å². The third-order valence-electron chi connectivity index (χ3n) is 3.47. The van der Waals surface area contributed by atoms with Crippen LogP contribution >= 0.6 is 0 Å². The first-order chi connectivity index (χ1) is 9.43. The lowest BCUT2D eigenvalue weighted by Crippen LogP contribution is -1.85. The van der Waals surface area contributed by atoms with Crippen molar-refractivity contribution >= 4 is 16.3 Å². The minimum atomic E-state index is 1.04. The molecule has 0 spiro atoms. The number of hydrogen-bond acceptors (Lipinski definition) is 1. The number of fused-ring (bicyclic) bond motifs is 3. The zero-order valence-electron chi connectivity index (χ0n) is 10.3. The molecule has 0 N–H and O–H groups in total. The van der Waals surface area contributed by atoms with Gasteiger partial charge in [-0.2, -0.15) is 0 Å². The standard InChI is InChI=1S/C17H12N2/c1-2-7-14(8-3-1)16-17-15-9-5-4-6-13(15)10-11-19(17)12-18-16/h1-12H. The number of aromatic nitrogens is 2. The van der Waals surface area contributed by atoms with E-state index in [1.807, 2.05) is 24.5 Å². The first-order valence-electron chi connectivity index (χ1n) is 6.33. The molecule has 0 atom stereocenters. The Bertz CT molecular complexity index is 860. The summed E-state index contributed by atoms with van der Waals surface area (Å²) in [5, 5.41) is 2.48. The van der Waals surface area contributed by atoms with E-state index < -0.39 is 0 Å². The quantitative estimate of drug-likeness (QED) is 0.491. The molecule has 0 bridgehead atoms. The van der Waals surface area contributed by atoms with E-state index in [-0.39, 0.29) is 0 Å². The van der Waals surface area contributed by atoms with Crippen LogP contribution < -0.4 is 0 Å². The van der Waals surface area contributed by atoms with Gasteiger partial charge in [0.2, 0.25) is 0 Å². The fourth-order valence-electron chi connectivity index (χ4n) is 2.57. The van der Waals surface area contributed by atoms with Crippen molar-refractivity contribution in [3.63, 3.8) is 0 Å². The van der Waals surface area contributed by atoms with Gasteiger partial charge in [0.25, 0.3) is 0 Å². The van der Waals surface area contributed by atoms with E-state index in [1.54, 1.807) is 0 Å². The lowest BCUT2D eigenvalue weighted by Gasteiger charge is -2.03. The Morgan fingerprint density at radius 2 is 1.58 bits per heavy atom. The van der Waals surface area contributed by atoms with E-state index >= 15 is 0 Å². The minimum Gasteiger partial charge on any atom is -0.305 e. The highest BCUT2D eigenvalue weighted by Crippen LogP contribution is 2.28. The molecule has 0 aliphatic carbocycles. The van der Waals surface area contributed by atoms with Crippen LogP contribution in [-0.2, 0) is 0 Å². The zero-order valence-corrected chi connectivity index (χ0v) is 10.3. The molecule has 0 aliphatic heterocycles. The van der Waals surface area contributed by atoms with Gasteiger partial charge in [-0.25, -0.2) is 4.98 Å². The number of imidazole rings is 1. The van der Waals surface area contributed by atoms with Crippen molar-refractivity contribution < 1.29 is 0 Å². The van der Waals surface area contributed by atoms with Crippen molar-refractivity contribution in [2.24, 2.45) is 0 Å². The van der Waals surface area contributed by atoms with Gasteiger partial charge < -0.3 is 4.40 Å². The minimum absolute atomic E-state index is 1.04. The first-order valence-corrected chi connectivity index (χ1v) is 6.33. The van der Waals surface area contributed by atoms with Gasteiger partial charge in [-0.15, -0.1) is 0 Å². The van der Waals surface area contributed by atoms with E-state index in [9.17, 15) is 0 Å². The molecule has 2 heterocycles. The van der Waals surface area contributed by atoms with Gasteiger partial charge in [-0.3, -0.25) is 0 Å². The van der Waals surface area contributed by atoms with Crippen LogP contribution in [0.25, 0.3) is 27.5 Å². The average molecular weight is 244 g/mol. The molecule has 0 unspecified atom stereocenters. The molecule has 0 saturated heterocycles. The normalized spacial score (nSPS) is 11.2. The van der Waals surface area contributed by atoms with Crippen molar-refractivity contribution in [2.45, 2.75) is 0 Å². The smallest absolute Gasteiger partial charge is 0.1000 e. The summed E-state index contributed by atoms with van der Waals surface area (Å²) < 4.78 is 2.09. The highest BCUT2D eigenvalue weighted by Gasteiger charge is 2.09. The van der Waals surface area contributed by atoms with Crippen LogP contribution in [0.3, 0.4) is 0 Å². The maximum Gasteiger partial charge on any atom is 0.1000 e. The van der Waals surface area contributed by atoms with Crippen LogP contribution in [0.15, 0.2) is 73.2 Å². The van der Waals surface area contributed by atoms with Crippen molar-refractivity contribution in [3.8, 4) is 11.3 Å². The molecule has 0 saturated carbocycles. The number of rotatable bonds is 1. The van der Waals surface area contributed by atoms with Crippen molar-refractivity contribution in [3.05, 3.63) is 73.2 Å². The molecule has 90 valence electrons. The van der Waals surface area contributed by atoms with Gasteiger partial charge in [-0.1, -0.05) is 54.6 Å². The molecule has 0 radical (unpaired) electrons. The highest BCUT2D eigenvalue weighted by atomic mass is 15.0.